The Bertz CT molecular complexity index is 1150. The van der Waals surface area contributed by atoms with Gasteiger partial charge in [0.25, 0.3) is 0 Å². The molecule has 154 valence electrons. The van der Waals surface area contributed by atoms with E-state index in [0.29, 0.717) is 4.88 Å². The third-order valence-corrected chi connectivity index (χ3v) is 5.24. The summed E-state index contributed by atoms with van der Waals surface area (Å²) in [7, 11) is 1.12. The van der Waals surface area contributed by atoms with Crippen molar-refractivity contribution in [2.45, 2.75) is 0 Å². The lowest BCUT2D eigenvalue weighted by Gasteiger charge is -2.05. The normalized spacial score (nSPS) is 10.9. The number of amides is 1. The Hall–Kier alpha value is -3.28. The van der Waals surface area contributed by atoms with Gasteiger partial charge in [-0.15, -0.1) is 0 Å². The van der Waals surface area contributed by atoms with Gasteiger partial charge in [0.2, 0.25) is 5.76 Å². The van der Waals surface area contributed by atoms with Crippen LogP contribution in [0.25, 0.3) is 11.3 Å². The molecule has 1 N–H and O–H groups in total. The van der Waals surface area contributed by atoms with Crippen molar-refractivity contribution >= 4 is 57.6 Å². The summed E-state index contributed by atoms with van der Waals surface area (Å²) in [6, 6.07) is 7.43. The number of hydrogen-bond acceptors (Lipinski definition) is 9. The molecule has 0 aliphatic rings. The van der Waals surface area contributed by atoms with Gasteiger partial charge < -0.3 is 9.26 Å². The number of esters is 1. The highest BCUT2D eigenvalue weighted by molar-refractivity contribution is 7.16. The highest BCUT2D eigenvalue weighted by atomic mass is 35.5. The lowest BCUT2D eigenvalue weighted by Crippen LogP contribution is -2.20. The minimum Gasteiger partial charge on any atom is -0.465 e. The minimum absolute atomic E-state index is 0.0690. The number of nitrogens with one attached hydrogen (secondary N) is 1. The number of methoxy groups -OCH3 is 1. The van der Waals surface area contributed by atoms with Crippen LogP contribution in [0.4, 0.5) is 5.00 Å². The third-order valence-electron chi connectivity index (χ3n) is 3.64. The van der Waals surface area contributed by atoms with E-state index < -0.39 is 22.6 Å². The number of benzene rings is 1. The van der Waals surface area contributed by atoms with Crippen molar-refractivity contribution in [3.8, 4) is 11.3 Å². The summed E-state index contributed by atoms with van der Waals surface area (Å²) in [6.45, 7) is 0. The SMILES string of the molecule is COC(=O)c1c(-c2c(Cl)cccc2Cl)noc1C(=O)N/N=C\c1ccc([N+](=O)[O-])s1. The van der Waals surface area contributed by atoms with Gasteiger partial charge in [0, 0.05) is 11.6 Å². The molecule has 0 bridgehead atoms. The Balaban J connectivity index is 1.90. The Labute approximate surface area is 182 Å². The molecule has 0 saturated heterocycles. The maximum Gasteiger partial charge on any atom is 0.344 e. The molecule has 0 aliphatic carbocycles. The van der Waals surface area contributed by atoms with E-state index in [1.807, 2.05) is 0 Å². The number of halogens is 2. The average molecular weight is 469 g/mol. The number of nitro groups is 1. The lowest BCUT2D eigenvalue weighted by atomic mass is 10.1. The van der Waals surface area contributed by atoms with Crippen LogP contribution in [0, 0.1) is 10.1 Å². The van der Waals surface area contributed by atoms with Crippen molar-refractivity contribution in [3.63, 3.8) is 0 Å². The molecule has 0 fully saturated rings. The quantitative estimate of drug-likeness (QED) is 0.248. The van der Waals surface area contributed by atoms with Crippen LogP contribution < -0.4 is 5.43 Å². The number of hydrogen-bond donors (Lipinski definition) is 1. The van der Waals surface area contributed by atoms with Gasteiger partial charge in [-0.05, 0) is 18.2 Å². The second kappa shape index (κ2) is 9.03. The summed E-state index contributed by atoms with van der Waals surface area (Å²) in [5.41, 5.74) is 2.00. The van der Waals surface area contributed by atoms with E-state index in [1.165, 1.54) is 30.5 Å². The fourth-order valence-electron chi connectivity index (χ4n) is 2.35. The molecular formula is C17H10Cl2N4O6S. The van der Waals surface area contributed by atoms with Gasteiger partial charge in [-0.2, -0.15) is 5.10 Å². The predicted molar refractivity (Wildman–Crippen MR) is 109 cm³/mol. The van der Waals surface area contributed by atoms with Crippen molar-refractivity contribution in [1.82, 2.24) is 10.6 Å². The third kappa shape index (κ3) is 4.32. The molecule has 30 heavy (non-hydrogen) atoms. The molecule has 0 saturated carbocycles. The molecule has 0 radical (unpaired) electrons. The van der Waals surface area contributed by atoms with E-state index in [-0.39, 0.29) is 31.9 Å². The summed E-state index contributed by atoms with van der Waals surface area (Å²) in [5.74, 6) is -2.27. The van der Waals surface area contributed by atoms with Crippen molar-refractivity contribution < 1.29 is 23.8 Å². The zero-order chi connectivity index (χ0) is 21.8. The number of nitrogens with zero attached hydrogens (tertiary/aromatic N) is 3. The highest BCUT2D eigenvalue weighted by Crippen LogP contribution is 2.37. The zero-order valence-electron chi connectivity index (χ0n) is 14.9. The molecular weight excluding hydrogens is 459 g/mol. The summed E-state index contributed by atoms with van der Waals surface area (Å²) in [6.07, 6.45) is 1.20. The van der Waals surface area contributed by atoms with Gasteiger partial charge in [0.1, 0.15) is 11.3 Å². The molecule has 0 unspecified atom stereocenters. The molecule has 1 amide bonds. The van der Waals surface area contributed by atoms with E-state index in [9.17, 15) is 19.7 Å². The second-order valence-corrected chi connectivity index (χ2v) is 7.36. The molecule has 3 aromatic rings. The fourth-order valence-corrected chi connectivity index (χ4v) is 3.62. The molecule has 0 aliphatic heterocycles. The van der Waals surface area contributed by atoms with Gasteiger partial charge in [-0.3, -0.25) is 14.9 Å². The van der Waals surface area contributed by atoms with Gasteiger partial charge in [0.15, 0.2) is 0 Å². The molecule has 3 rings (SSSR count). The largest absolute Gasteiger partial charge is 0.465 e. The summed E-state index contributed by atoms with van der Waals surface area (Å²) < 4.78 is 9.76. The number of carbonyl (C=O) groups is 2. The summed E-state index contributed by atoms with van der Waals surface area (Å²) in [4.78, 5) is 35.3. The predicted octanol–water partition coefficient (Wildman–Crippen LogP) is 4.17. The molecule has 2 aromatic heterocycles. The maximum atomic E-state index is 12.5. The van der Waals surface area contributed by atoms with E-state index >= 15 is 0 Å². The molecule has 1 aromatic carbocycles. The van der Waals surface area contributed by atoms with Crippen LogP contribution >= 0.6 is 34.5 Å². The first-order chi connectivity index (χ1) is 14.3. The summed E-state index contributed by atoms with van der Waals surface area (Å²) >= 11 is 13.2. The number of hydrazone groups is 1. The first-order valence-electron chi connectivity index (χ1n) is 7.93. The number of ether oxygens (including phenoxy) is 1. The topological polar surface area (TPSA) is 137 Å². The summed E-state index contributed by atoms with van der Waals surface area (Å²) in [5, 5.41) is 18.5. The minimum atomic E-state index is -0.903. The number of thiophene rings is 1. The number of rotatable bonds is 6. The van der Waals surface area contributed by atoms with Crippen LogP contribution in [0.15, 0.2) is 40.0 Å². The monoisotopic (exact) mass is 468 g/mol. The number of carbonyl (C=O) groups excluding carboxylic acids is 2. The highest BCUT2D eigenvalue weighted by Gasteiger charge is 2.31. The van der Waals surface area contributed by atoms with Gasteiger partial charge in [-0.25, -0.2) is 10.2 Å². The fraction of sp³-hybridized carbons (Fsp3) is 0.0588. The van der Waals surface area contributed by atoms with Crippen molar-refractivity contribution in [1.29, 1.82) is 0 Å². The average Bonchev–Trinajstić information content (AvgIpc) is 3.35. The first-order valence-corrected chi connectivity index (χ1v) is 9.50. The van der Waals surface area contributed by atoms with Gasteiger partial charge in [0.05, 0.1) is 33.2 Å². The van der Waals surface area contributed by atoms with E-state index in [0.717, 1.165) is 18.4 Å². The van der Waals surface area contributed by atoms with E-state index in [4.69, 9.17) is 32.5 Å². The number of aromatic nitrogens is 1. The molecule has 10 nitrogen and oxygen atoms in total. The van der Waals surface area contributed by atoms with Crippen LogP contribution in [0.3, 0.4) is 0 Å². The maximum absolute atomic E-state index is 12.5. The van der Waals surface area contributed by atoms with Crippen molar-refractivity contribution in [2.24, 2.45) is 5.10 Å². The van der Waals surface area contributed by atoms with Crippen LogP contribution in [0.2, 0.25) is 10.0 Å². The van der Waals surface area contributed by atoms with Gasteiger partial charge in [-0.1, -0.05) is 45.8 Å². The molecule has 0 atom stereocenters. The Morgan fingerprint density at radius 2 is 2.00 bits per heavy atom. The first kappa shape index (κ1) is 21.4. The van der Waals surface area contributed by atoms with Crippen LogP contribution in [0.5, 0.6) is 0 Å². The van der Waals surface area contributed by atoms with Crippen LogP contribution in [-0.2, 0) is 4.74 Å². The second-order valence-electron chi connectivity index (χ2n) is 5.46. The standard InChI is InChI=1S/C17H10Cl2N4O6S/c1-28-17(25)13-14(12-9(18)3-2-4-10(12)19)22-29-15(13)16(24)21-20-7-8-5-6-11(30-8)23(26)27/h2-7H,1H3,(H,21,24)/b20-7-. The zero-order valence-corrected chi connectivity index (χ0v) is 17.2. The Kier molecular flexibility index (Phi) is 6.45. The molecule has 13 heteroatoms. The Morgan fingerprint density at radius 1 is 1.30 bits per heavy atom. The lowest BCUT2D eigenvalue weighted by molar-refractivity contribution is -0.380. The smallest absolute Gasteiger partial charge is 0.344 e. The Morgan fingerprint density at radius 3 is 2.60 bits per heavy atom. The molecule has 2 heterocycles. The van der Waals surface area contributed by atoms with E-state index in [2.05, 4.69) is 15.7 Å². The van der Waals surface area contributed by atoms with Gasteiger partial charge >= 0.3 is 16.9 Å². The van der Waals surface area contributed by atoms with Crippen LogP contribution in [0.1, 0.15) is 25.8 Å². The molecule has 0 spiro atoms. The van der Waals surface area contributed by atoms with E-state index in [1.54, 1.807) is 6.07 Å². The van der Waals surface area contributed by atoms with Crippen LogP contribution in [-0.4, -0.2) is 35.3 Å². The van der Waals surface area contributed by atoms with Crippen molar-refractivity contribution in [2.75, 3.05) is 7.11 Å². The van der Waals surface area contributed by atoms with Crippen molar-refractivity contribution in [3.05, 3.63) is 66.7 Å².